The van der Waals surface area contributed by atoms with E-state index in [4.69, 9.17) is 5.11 Å². The number of fused-ring (bicyclic) bond motifs is 1. The van der Waals surface area contributed by atoms with Gasteiger partial charge >= 0.3 is 5.97 Å². The molecule has 0 aromatic carbocycles. The fraction of sp³-hybridized carbons (Fsp3) is 0. The number of carboxylic acid groups (broad SMARTS) is 1. The molecule has 90 valence electrons. The quantitative estimate of drug-likeness (QED) is 0.714. The Morgan fingerprint density at radius 1 is 1.39 bits per heavy atom. The molecule has 3 aromatic heterocycles. The maximum absolute atomic E-state index is 10.8. The number of aromatic carboxylic acids is 1. The summed E-state index contributed by atoms with van der Waals surface area (Å²) in [6, 6.07) is 1.63. The van der Waals surface area contributed by atoms with Crippen molar-refractivity contribution in [3.05, 3.63) is 29.0 Å². The second-order valence-electron chi connectivity index (χ2n) is 3.33. The fourth-order valence-corrected chi connectivity index (χ4v) is 3.19. The molecule has 0 bridgehead atoms. The van der Waals surface area contributed by atoms with E-state index in [-0.39, 0.29) is 0 Å². The van der Waals surface area contributed by atoms with E-state index in [0.717, 1.165) is 15.4 Å². The third-order valence-electron chi connectivity index (χ3n) is 2.19. The highest BCUT2D eigenvalue weighted by Gasteiger charge is 2.11. The number of nitrogens with one attached hydrogen (secondary N) is 1. The molecule has 0 amide bonds. The summed E-state index contributed by atoms with van der Waals surface area (Å²) >= 11 is 2.58. The predicted octanol–water partition coefficient (Wildman–Crippen LogP) is 2.26. The lowest BCUT2D eigenvalue weighted by atomic mass is 10.5. The van der Waals surface area contributed by atoms with Crippen LogP contribution in [0, 0.1) is 0 Å². The number of thiophene rings is 1. The first-order chi connectivity index (χ1) is 8.74. The first-order valence-corrected chi connectivity index (χ1v) is 6.57. The summed E-state index contributed by atoms with van der Waals surface area (Å²) in [5.41, 5.74) is 1.35. The molecule has 0 saturated carbocycles. The Balaban J connectivity index is 1.96. The standard InChI is InChI=1S/C10H6N4O2S2/c15-10(16)6-1-5(2-17-6)18-9-7-8(12-3-11-7)13-4-14-9/h1-4H,(H,15,16)(H,11,12,13,14). The van der Waals surface area contributed by atoms with Crippen molar-refractivity contribution in [2.24, 2.45) is 0 Å². The molecule has 0 spiro atoms. The SMILES string of the molecule is O=C(O)c1cc(Sc2ncnc3nc[nH]c23)cs1. The van der Waals surface area contributed by atoms with Crippen molar-refractivity contribution >= 4 is 40.2 Å². The van der Waals surface area contributed by atoms with Crippen LogP contribution in [-0.2, 0) is 0 Å². The van der Waals surface area contributed by atoms with Crippen molar-refractivity contribution in [3.63, 3.8) is 0 Å². The molecule has 0 atom stereocenters. The second kappa shape index (κ2) is 4.39. The topological polar surface area (TPSA) is 91.8 Å². The number of nitrogens with zero attached hydrogens (tertiary/aromatic N) is 3. The summed E-state index contributed by atoms with van der Waals surface area (Å²) in [5, 5.41) is 11.4. The summed E-state index contributed by atoms with van der Waals surface area (Å²) in [6.45, 7) is 0. The average Bonchev–Trinajstić information content (AvgIpc) is 2.97. The van der Waals surface area contributed by atoms with E-state index < -0.39 is 5.97 Å². The monoisotopic (exact) mass is 278 g/mol. The van der Waals surface area contributed by atoms with E-state index in [1.54, 1.807) is 17.8 Å². The number of aromatic nitrogens is 4. The molecule has 3 aromatic rings. The molecule has 0 aliphatic carbocycles. The zero-order chi connectivity index (χ0) is 12.5. The summed E-state index contributed by atoms with van der Waals surface area (Å²) in [7, 11) is 0. The predicted molar refractivity (Wildman–Crippen MR) is 67.1 cm³/mol. The second-order valence-corrected chi connectivity index (χ2v) is 5.31. The van der Waals surface area contributed by atoms with Crippen molar-refractivity contribution in [2.45, 2.75) is 9.92 Å². The molecule has 0 unspecified atom stereocenters. The van der Waals surface area contributed by atoms with Crippen LogP contribution in [0.2, 0.25) is 0 Å². The Labute approximate surface area is 109 Å². The number of hydrogen-bond donors (Lipinski definition) is 2. The van der Waals surface area contributed by atoms with Gasteiger partial charge in [0.1, 0.15) is 21.7 Å². The molecular formula is C10H6N4O2S2. The van der Waals surface area contributed by atoms with Gasteiger partial charge in [-0.1, -0.05) is 11.8 Å². The molecule has 3 heterocycles. The number of rotatable bonds is 3. The number of hydrogen-bond acceptors (Lipinski definition) is 6. The van der Waals surface area contributed by atoms with Gasteiger partial charge in [0.25, 0.3) is 0 Å². The lowest BCUT2D eigenvalue weighted by Gasteiger charge is -1.97. The van der Waals surface area contributed by atoms with Crippen molar-refractivity contribution in [1.29, 1.82) is 0 Å². The van der Waals surface area contributed by atoms with Crippen LogP contribution >= 0.6 is 23.1 Å². The number of H-pyrrole nitrogens is 1. The number of aromatic amines is 1. The van der Waals surface area contributed by atoms with Gasteiger partial charge in [-0.25, -0.2) is 19.7 Å². The minimum absolute atomic E-state index is 0.312. The third-order valence-corrected chi connectivity index (χ3v) is 4.23. The number of carboxylic acids is 1. The fourth-order valence-electron chi connectivity index (χ4n) is 1.42. The van der Waals surface area contributed by atoms with Gasteiger partial charge in [-0.3, -0.25) is 0 Å². The van der Waals surface area contributed by atoms with Gasteiger partial charge in [-0.2, -0.15) is 0 Å². The van der Waals surface area contributed by atoms with Crippen LogP contribution in [0.4, 0.5) is 0 Å². The summed E-state index contributed by atoms with van der Waals surface area (Å²) in [6.07, 6.45) is 3.00. The van der Waals surface area contributed by atoms with E-state index in [0.29, 0.717) is 10.5 Å². The zero-order valence-corrected chi connectivity index (χ0v) is 10.5. The summed E-state index contributed by atoms with van der Waals surface area (Å²) in [5.74, 6) is -0.916. The maximum Gasteiger partial charge on any atom is 0.345 e. The molecular weight excluding hydrogens is 272 g/mol. The van der Waals surface area contributed by atoms with E-state index in [2.05, 4.69) is 19.9 Å². The zero-order valence-electron chi connectivity index (χ0n) is 8.82. The first kappa shape index (κ1) is 11.2. The van der Waals surface area contributed by atoms with Crippen molar-refractivity contribution < 1.29 is 9.90 Å². The molecule has 0 aliphatic heterocycles. The first-order valence-electron chi connectivity index (χ1n) is 4.88. The molecule has 18 heavy (non-hydrogen) atoms. The Bertz CT molecular complexity index is 721. The van der Waals surface area contributed by atoms with Gasteiger partial charge in [0.05, 0.1) is 6.33 Å². The van der Waals surface area contributed by atoms with Crippen LogP contribution in [0.15, 0.2) is 34.0 Å². The highest BCUT2D eigenvalue weighted by Crippen LogP contribution is 2.32. The highest BCUT2D eigenvalue weighted by molar-refractivity contribution is 7.99. The molecule has 0 aliphatic rings. The molecule has 0 fully saturated rings. The number of carbonyl (C=O) groups is 1. The average molecular weight is 278 g/mol. The van der Waals surface area contributed by atoms with Crippen LogP contribution < -0.4 is 0 Å². The van der Waals surface area contributed by atoms with Crippen LogP contribution in [0.25, 0.3) is 11.2 Å². The van der Waals surface area contributed by atoms with Gasteiger partial charge < -0.3 is 10.1 Å². The normalized spacial score (nSPS) is 10.9. The lowest BCUT2D eigenvalue weighted by Crippen LogP contribution is -1.90. The van der Waals surface area contributed by atoms with Crippen LogP contribution in [0.5, 0.6) is 0 Å². The van der Waals surface area contributed by atoms with Gasteiger partial charge in [-0.05, 0) is 6.07 Å². The summed E-state index contributed by atoms with van der Waals surface area (Å²) in [4.78, 5) is 27.1. The Morgan fingerprint density at radius 2 is 2.28 bits per heavy atom. The van der Waals surface area contributed by atoms with E-state index in [9.17, 15) is 4.79 Å². The molecule has 0 radical (unpaired) electrons. The van der Waals surface area contributed by atoms with Crippen molar-refractivity contribution in [1.82, 2.24) is 19.9 Å². The van der Waals surface area contributed by atoms with Crippen molar-refractivity contribution in [3.8, 4) is 0 Å². The van der Waals surface area contributed by atoms with Gasteiger partial charge in [0.15, 0.2) is 5.65 Å². The molecule has 8 heteroatoms. The highest BCUT2D eigenvalue weighted by atomic mass is 32.2. The molecule has 2 N–H and O–H groups in total. The minimum Gasteiger partial charge on any atom is -0.477 e. The lowest BCUT2D eigenvalue weighted by molar-refractivity contribution is 0.0702. The van der Waals surface area contributed by atoms with Crippen LogP contribution in [-0.4, -0.2) is 31.0 Å². The summed E-state index contributed by atoms with van der Waals surface area (Å²) < 4.78 is 0. The molecule has 6 nitrogen and oxygen atoms in total. The minimum atomic E-state index is -0.916. The van der Waals surface area contributed by atoms with E-state index in [1.807, 2.05) is 0 Å². The van der Waals surface area contributed by atoms with Gasteiger partial charge in [0.2, 0.25) is 0 Å². The Hall–Kier alpha value is -1.93. The van der Waals surface area contributed by atoms with Crippen LogP contribution in [0.1, 0.15) is 9.67 Å². The van der Waals surface area contributed by atoms with E-state index >= 15 is 0 Å². The molecule has 0 saturated heterocycles. The Morgan fingerprint density at radius 3 is 3.06 bits per heavy atom. The maximum atomic E-state index is 10.8. The van der Waals surface area contributed by atoms with Gasteiger partial charge in [-0.15, -0.1) is 11.3 Å². The van der Waals surface area contributed by atoms with Crippen LogP contribution in [0.3, 0.4) is 0 Å². The number of imidazole rings is 1. The molecule has 3 rings (SSSR count). The third kappa shape index (κ3) is 1.95. The smallest absolute Gasteiger partial charge is 0.345 e. The largest absolute Gasteiger partial charge is 0.477 e. The van der Waals surface area contributed by atoms with E-state index in [1.165, 1.54) is 29.4 Å². The Kier molecular flexibility index (Phi) is 2.73. The van der Waals surface area contributed by atoms with Crippen molar-refractivity contribution in [2.75, 3.05) is 0 Å². The van der Waals surface area contributed by atoms with Gasteiger partial charge in [0, 0.05) is 10.3 Å².